The summed E-state index contributed by atoms with van der Waals surface area (Å²) in [5.41, 5.74) is 6.84. The fourth-order valence-electron chi connectivity index (χ4n) is 2.53. The van der Waals surface area contributed by atoms with E-state index in [-0.39, 0.29) is 5.82 Å². The summed E-state index contributed by atoms with van der Waals surface area (Å²) in [4.78, 5) is 16.0. The summed E-state index contributed by atoms with van der Waals surface area (Å²) < 4.78 is 7.13. The number of hydrogen-bond donors (Lipinski definition) is 1. The molecule has 8 heteroatoms. The zero-order valence-corrected chi connectivity index (χ0v) is 16.4. The minimum Gasteiger partial charge on any atom is -0.492 e. The Bertz CT molecular complexity index is 1020. The van der Waals surface area contributed by atoms with E-state index >= 15 is 0 Å². The maximum Gasteiger partial charge on any atom is 0.349 e. The molecule has 5 nitrogen and oxygen atoms in total. The van der Waals surface area contributed by atoms with Gasteiger partial charge in [-0.15, -0.1) is 0 Å². The van der Waals surface area contributed by atoms with Gasteiger partial charge in [0.05, 0.1) is 21.7 Å². The zero-order chi connectivity index (χ0) is 19.4. The molecule has 0 aliphatic heterocycles. The number of nitrogens with zero attached hydrogens (tertiary/aromatic N) is 2. The molecule has 0 atom stereocenters. The van der Waals surface area contributed by atoms with Gasteiger partial charge in [-0.05, 0) is 36.2 Å². The average molecular weight is 425 g/mol. The fraction of sp³-hybridized carbons (Fsp3) is 0.158. The minimum atomic E-state index is -0.422. The van der Waals surface area contributed by atoms with Crippen LogP contribution in [0.1, 0.15) is 6.42 Å². The van der Waals surface area contributed by atoms with E-state index in [4.69, 9.17) is 45.3 Å². The van der Waals surface area contributed by atoms with E-state index < -0.39 is 5.69 Å². The molecule has 0 saturated heterocycles. The molecule has 0 fully saturated rings. The molecule has 2 aromatic carbocycles. The molecule has 0 radical (unpaired) electrons. The molecule has 0 bridgehead atoms. The second-order valence-electron chi connectivity index (χ2n) is 5.78. The summed E-state index contributed by atoms with van der Waals surface area (Å²) >= 11 is 18.1. The molecule has 3 aromatic rings. The van der Waals surface area contributed by atoms with Crippen LogP contribution in [0, 0.1) is 0 Å². The number of ether oxygens (including phenoxy) is 1. The summed E-state index contributed by atoms with van der Waals surface area (Å²) in [5.74, 6) is 0.750. The summed E-state index contributed by atoms with van der Waals surface area (Å²) in [6, 6.07) is 12.4. The van der Waals surface area contributed by atoms with Gasteiger partial charge in [0.2, 0.25) is 0 Å². The molecule has 1 heterocycles. The van der Waals surface area contributed by atoms with Crippen molar-refractivity contribution < 1.29 is 4.74 Å². The van der Waals surface area contributed by atoms with Gasteiger partial charge in [0, 0.05) is 18.3 Å². The fourth-order valence-corrected chi connectivity index (χ4v) is 3.02. The standard InChI is InChI=1S/C19H16Cl3N3O2/c20-14-7-6-12(10-16(14)22)13-11-25(19(26)24-18(13)23)8-3-9-27-17-5-2-1-4-15(17)21/h1-2,4-7,10-11H,3,8-9H2,(H2,23,24,26). The quantitative estimate of drug-likeness (QED) is 0.570. The molecular weight excluding hydrogens is 409 g/mol. The number of para-hydroxylation sites is 1. The van der Waals surface area contributed by atoms with Crippen molar-refractivity contribution in [2.75, 3.05) is 12.3 Å². The van der Waals surface area contributed by atoms with Crippen molar-refractivity contribution in [1.82, 2.24) is 9.55 Å². The molecule has 3 rings (SSSR count). The van der Waals surface area contributed by atoms with Crippen LogP contribution >= 0.6 is 34.8 Å². The van der Waals surface area contributed by atoms with Gasteiger partial charge in [0.25, 0.3) is 0 Å². The molecule has 0 aliphatic rings. The predicted molar refractivity (Wildman–Crippen MR) is 110 cm³/mol. The highest BCUT2D eigenvalue weighted by molar-refractivity contribution is 6.42. The zero-order valence-electron chi connectivity index (χ0n) is 14.2. The second-order valence-corrected chi connectivity index (χ2v) is 7.00. The first-order valence-electron chi connectivity index (χ1n) is 8.15. The van der Waals surface area contributed by atoms with E-state index in [0.717, 1.165) is 5.56 Å². The van der Waals surface area contributed by atoms with Gasteiger partial charge in [0.1, 0.15) is 11.6 Å². The third-order valence-corrected chi connectivity index (χ3v) is 4.94. The molecule has 0 spiro atoms. The average Bonchev–Trinajstić information content (AvgIpc) is 2.64. The van der Waals surface area contributed by atoms with Crippen molar-refractivity contribution in [3.8, 4) is 16.9 Å². The lowest BCUT2D eigenvalue weighted by atomic mass is 10.1. The molecule has 0 aliphatic carbocycles. The Kier molecular flexibility index (Phi) is 6.26. The van der Waals surface area contributed by atoms with Crippen molar-refractivity contribution in [1.29, 1.82) is 0 Å². The monoisotopic (exact) mass is 423 g/mol. The second kappa shape index (κ2) is 8.65. The molecule has 27 heavy (non-hydrogen) atoms. The van der Waals surface area contributed by atoms with Crippen molar-refractivity contribution in [3.05, 3.63) is 74.2 Å². The van der Waals surface area contributed by atoms with Crippen LogP contribution in [-0.2, 0) is 6.54 Å². The highest BCUT2D eigenvalue weighted by Gasteiger charge is 2.10. The SMILES string of the molecule is Nc1nc(=O)n(CCCOc2ccccc2Cl)cc1-c1ccc(Cl)c(Cl)c1. The Hall–Kier alpha value is -2.21. The topological polar surface area (TPSA) is 70.1 Å². The lowest BCUT2D eigenvalue weighted by Gasteiger charge is -2.12. The van der Waals surface area contributed by atoms with Crippen molar-refractivity contribution in [2.45, 2.75) is 13.0 Å². The first-order valence-corrected chi connectivity index (χ1v) is 9.29. The van der Waals surface area contributed by atoms with Gasteiger partial charge in [-0.3, -0.25) is 4.57 Å². The van der Waals surface area contributed by atoms with Gasteiger partial charge in [-0.25, -0.2) is 4.79 Å². The van der Waals surface area contributed by atoms with E-state index in [1.54, 1.807) is 36.5 Å². The van der Waals surface area contributed by atoms with E-state index in [1.165, 1.54) is 4.57 Å². The van der Waals surface area contributed by atoms with Crippen LogP contribution < -0.4 is 16.2 Å². The van der Waals surface area contributed by atoms with Gasteiger partial charge >= 0.3 is 5.69 Å². The molecule has 140 valence electrons. The van der Waals surface area contributed by atoms with Crippen LogP contribution in [0.3, 0.4) is 0 Å². The Labute approximate surface area is 171 Å². The number of benzene rings is 2. The van der Waals surface area contributed by atoms with Crippen LogP contribution in [0.5, 0.6) is 5.75 Å². The number of aryl methyl sites for hydroxylation is 1. The number of aromatic nitrogens is 2. The molecule has 0 unspecified atom stereocenters. The van der Waals surface area contributed by atoms with Crippen LogP contribution in [0.25, 0.3) is 11.1 Å². The molecular formula is C19H16Cl3N3O2. The number of anilines is 1. The van der Waals surface area contributed by atoms with Crippen LogP contribution in [-0.4, -0.2) is 16.2 Å². The summed E-state index contributed by atoms with van der Waals surface area (Å²) in [6.45, 7) is 0.827. The van der Waals surface area contributed by atoms with Gasteiger partial charge < -0.3 is 10.5 Å². The summed E-state index contributed by atoms with van der Waals surface area (Å²) in [5, 5.41) is 1.39. The lowest BCUT2D eigenvalue weighted by Crippen LogP contribution is -2.25. The maximum atomic E-state index is 12.1. The van der Waals surface area contributed by atoms with Crippen LogP contribution in [0.2, 0.25) is 15.1 Å². The first kappa shape index (κ1) is 19.5. The number of rotatable bonds is 6. The molecule has 0 amide bonds. The molecule has 0 saturated carbocycles. The Morgan fingerprint density at radius 2 is 1.81 bits per heavy atom. The van der Waals surface area contributed by atoms with E-state index in [2.05, 4.69) is 4.98 Å². The van der Waals surface area contributed by atoms with Crippen molar-refractivity contribution in [2.24, 2.45) is 0 Å². The summed E-state index contributed by atoms with van der Waals surface area (Å²) in [7, 11) is 0. The normalized spacial score (nSPS) is 10.8. The van der Waals surface area contributed by atoms with Gasteiger partial charge in [-0.2, -0.15) is 4.98 Å². The lowest BCUT2D eigenvalue weighted by molar-refractivity contribution is 0.301. The third kappa shape index (κ3) is 4.75. The number of halogens is 3. The van der Waals surface area contributed by atoms with Gasteiger partial charge in [0.15, 0.2) is 0 Å². The smallest absolute Gasteiger partial charge is 0.349 e. The van der Waals surface area contributed by atoms with E-state index in [1.807, 2.05) is 12.1 Å². The third-order valence-electron chi connectivity index (χ3n) is 3.89. The Morgan fingerprint density at radius 3 is 2.56 bits per heavy atom. The van der Waals surface area contributed by atoms with Crippen molar-refractivity contribution >= 4 is 40.6 Å². The number of nitrogens with two attached hydrogens (primary N) is 1. The predicted octanol–water partition coefficient (Wildman–Crippen LogP) is 4.92. The van der Waals surface area contributed by atoms with Crippen LogP contribution in [0.15, 0.2) is 53.5 Å². The minimum absolute atomic E-state index is 0.141. The maximum absolute atomic E-state index is 12.1. The van der Waals surface area contributed by atoms with E-state index in [9.17, 15) is 4.79 Å². The van der Waals surface area contributed by atoms with Crippen molar-refractivity contribution in [3.63, 3.8) is 0 Å². The largest absolute Gasteiger partial charge is 0.492 e. The van der Waals surface area contributed by atoms with E-state index in [0.29, 0.717) is 46.0 Å². The van der Waals surface area contributed by atoms with Gasteiger partial charge in [-0.1, -0.05) is 53.0 Å². The molecule has 1 aromatic heterocycles. The highest BCUT2D eigenvalue weighted by atomic mass is 35.5. The molecule has 2 N–H and O–H groups in total. The number of hydrogen-bond acceptors (Lipinski definition) is 4. The number of nitrogen functional groups attached to an aromatic ring is 1. The Morgan fingerprint density at radius 1 is 1.04 bits per heavy atom. The highest BCUT2D eigenvalue weighted by Crippen LogP contribution is 2.30. The Balaban J connectivity index is 1.73. The van der Waals surface area contributed by atoms with Crippen LogP contribution in [0.4, 0.5) is 5.82 Å². The summed E-state index contributed by atoms with van der Waals surface area (Å²) in [6.07, 6.45) is 2.26. The first-order chi connectivity index (χ1) is 13.0.